The first-order chi connectivity index (χ1) is 12.8. The molecule has 1 aliphatic rings. The summed E-state index contributed by atoms with van der Waals surface area (Å²) in [5.41, 5.74) is 0.581. The standard InChI is InChI=1S/C17H16Cl2N2O4S2/c18-13-4-5-15(19)16(11-13)27(24,25)20-14-3-1-2-12(10-14)17(22)21-6-8-26(23)9-7-21/h1-5,10-11,20H,6-9H2. The molecule has 27 heavy (non-hydrogen) atoms. The first-order valence-corrected chi connectivity index (χ1v) is 11.7. The number of carbonyl (C=O) groups excluding carboxylic acids is 1. The molecule has 1 amide bonds. The van der Waals surface area contributed by atoms with Crippen molar-refractivity contribution in [3.8, 4) is 0 Å². The van der Waals surface area contributed by atoms with Crippen LogP contribution in [0.1, 0.15) is 10.4 Å². The monoisotopic (exact) mass is 446 g/mol. The second-order valence-corrected chi connectivity index (χ2v) is 10.1. The Morgan fingerprint density at radius 2 is 1.78 bits per heavy atom. The highest BCUT2D eigenvalue weighted by atomic mass is 35.5. The van der Waals surface area contributed by atoms with Gasteiger partial charge in [0.1, 0.15) is 4.90 Å². The largest absolute Gasteiger partial charge is 0.337 e. The predicted molar refractivity (Wildman–Crippen MR) is 107 cm³/mol. The van der Waals surface area contributed by atoms with Crippen LogP contribution in [0.25, 0.3) is 0 Å². The predicted octanol–water partition coefficient (Wildman–Crippen LogP) is 3.00. The summed E-state index contributed by atoms with van der Waals surface area (Å²) in [6.45, 7) is 0.832. The molecule has 1 N–H and O–H groups in total. The highest BCUT2D eigenvalue weighted by Crippen LogP contribution is 2.27. The van der Waals surface area contributed by atoms with Gasteiger partial charge in [0.2, 0.25) is 0 Å². The number of sulfonamides is 1. The van der Waals surface area contributed by atoms with E-state index in [1.807, 2.05) is 0 Å². The van der Waals surface area contributed by atoms with Gasteiger partial charge >= 0.3 is 0 Å². The lowest BCUT2D eigenvalue weighted by Gasteiger charge is -2.26. The van der Waals surface area contributed by atoms with E-state index < -0.39 is 20.8 Å². The van der Waals surface area contributed by atoms with Gasteiger partial charge in [0.15, 0.2) is 0 Å². The molecule has 6 nitrogen and oxygen atoms in total. The summed E-state index contributed by atoms with van der Waals surface area (Å²) < 4.78 is 39.1. The van der Waals surface area contributed by atoms with Crippen LogP contribution in [0.5, 0.6) is 0 Å². The SMILES string of the molecule is O=C(c1cccc(NS(=O)(=O)c2cc(Cl)ccc2Cl)c1)N1CCS(=O)CC1. The van der Waals surface area contributed by atoms with Crippen molar-refractivity contribution in [2.75, 3.05) is 29.3 Å². The van der Waals surface area contributed by atoms with Crippen molar-refractivity contribution in [2.24, 2.45) is 0 Å². The molecule has 0 aromatic heterocycles. The average Bonchev–Trinajstić information content (AvgIpc) is 2.63. The minimum Gasteiger partial charge on any atom is -0.337 e. The maximum atomic E-state index is 12.6. The van der Waals surface area contributed by atoms with Crippen LogP contribution in [0.4, 0.5) is 5.69 Å². The van der Waals surface area contributed by atoms with Gasteiger partial charge in [-0.2, -0.15) is 0 Å². The molecule has 0 aliphatic carbocycles. The van der Waals surface area contributed by atoms with Gasteiger partial charge in [0.05, 0.1) is 5.02 Å². The Bertz CT molecular complexity index is 1000. The number of anilines is 1. The summed E-state index contributed by atoms with van der Waals surface area (Å²) in [7, 11) is -4.86. The van der Waals surface area contributed by atoms with Crippen molar-refractivity contribution in [3.63, 3.8) is 0 Å². The molecule has 1 aliphatic heterocycles. The zero-order valence-corrected chi connectivity index (χ0v) is 17.2. The normalized spacial score (nSPS) is 15.6. The Morgan fingerprint density at radius 3 is 2.48 bits per heavy atom. The number of nitrogens with zero attached hydrogens (tertiary/aromatic N) is 1. The second-order valence-electron chi connectivity index (χ2n) is 5.90. The lowest BCUT2D eigenvalue weighted by Crippen LogP contribution is -2.41. The quantitative estimate of drug-likeness (QED) is 0.781. The molecule has 0 unspecified atom stereocenters. The van der Waals surface area contributed by atoms with Crippen molar-refractivity contribution < 1.29 is 17.4 Å². The van der Waals surface area contributed by atoms with Gasteiger partial charge in [-0.05, 0) is 36.4 Å². The van der Waals surface area contributed by atoms with E-state index in [1.54, 1.807) is 17.0 Å². The fraction of sp³-hybridized carbons (Fsp3) is 0.235. The van der Waals surface area contributed by atoms with E-state index in [1.165, 1.54) is 30.3 Å². The molecule has 0 atom stereocenters. The van der Waals surface area contributed by atoms with Crippen LogP contribution in [0.2, 0.25) is 10.0 Å². The Hall–Kier alpha value is -1.61. The van der Waals surface area contributed by atoms with Crippen LogP contribution in [-0.4, -0.2) is 48.0 Å². The number of rotatable bonds is 4. The lowest BCUT2D eigenvalue weighted by molar-refractivity contribution is 0.0771. The minimum atomic E-state index is -3.97. The zero-order chi connectivity index (χ0) is 19.6. The lowest BCUT2D eigenvalue weighted by atomic mass is 10.2. The Kier molecular flexibility index (Phi) is 6.10. The van der Waals surface area contributed by atoms with Gasteiger partial charge in [-0.25, -0.2) is 8.42 Å². The summed E-state index contributed by atoms with van der Waals surface area (Å²) in [6.07, 6.45) is 0. The van der Waals surface area contributed by atoms with Crippen molar-refractivity contribution >= 4 is 55.6 Å². The zero-order valence-electron chi connectivity index (χ0n) is 14.0. The molecule has 144 valence electrons. The van der Waals surface area contributed by atoms with Crippen LogP contribution in [-0.2, 0) is 20.8 Å². The Morgan fingerprint density at radius 1 is 1.07 bits per heavy atom. The molecule has 2 aromatic rings. The van der Waals surface area contributed by atoms with Gasteiger partial charge in [-0.1, -0.05) is 29.3 Å². The first kappa shape index (κ1) is 20.1. The van der Waals surface area contributed by atoms with Gasteiger partial charge in [-0.15, -0.1) is 0 Å². The van der Waals surface area contributed by atoms with Crippen molar-refractivity contribution in [3.05, 3.63) is 58.1 Å². The summed E-state index contributed by atoms with van der Waals surface area (Å²) in [6, 6.07) is 10.4. The van der Waals surface area contributed by atoms with Crippen molar-refractivity contribution in [2.45, 2.75) is 4.90 Å². The Balaban J connectivity index is 1.82. The molecule has 0 bridgehead atoms. The van der Waals surface area contributed by atoms with E-state index in [4.69, 9.17) is 23.2 Å². The van der Waals surface area contributed by atoms with E-state index in [0.29, 0.717) is 30.2 Å². The highest BCUT2D eigenvalue weighted by Gasteiger charge is 2.23. The molecular formula is C17H16Cl2N2O4S2. The molecule has 2 aromatic carbocycles. The topological polar surface area (TPSA) is 83.6 Å². The number of hydrogen-bond acceptors (Lipinski definition) is 4. The minimum absolute atomic E-state index is 0.0421. The molecule has 1 saturated heterocycles. The summed E-state index contributed by atoms with van der Waals surface area (Å²) >= 11 is 11.8. The van der Waals surface area contributed by atoms with Crippen LogP contribution < -0.4 is 4.72 Å². The number of hydrogen-bond donors (Lipinski definition) is 1. The highest BCUT2D eigenvalue weighted by molar-refractivity contribution is 7.92. The molecule has 0 radical (unpaired) electrons. The number of benzene rings is 2. The number of carbonyl (C=O) groups is 1. The molecule has 10 heteroatoms. The van der Waals surface area contributed by atoms with Gasteiger partial charge in [0.25, 0.3) is 15.9 Å². The number of amides is 1. The third-order valence-corrected chi connectivity index (χ3v) is 7.38. The number of nitrogens with one attached hydrogen (secondary N) is 1. The summed E-state index contributed by atoms with van der Waals surface area (Å²) in [5, 5.41) is 0.284. The summed E-state index contributed by atoms with van der Waals surface area (Å²) in [4.78, 5) is 14.1. The van der Waals surface area contributed by atoms with E-state index in [9.17, 15) is 17.4 Å². The molecule has 3 rings (SSSR count). The van der Waals surface area contributed by atoms with Gasteiger partial charge < -0.3 is 4.90 Å². The van der Waals surface area contributed by atoms with Crippen molar-refractivity contribution in [1.82, 2.24) is 4.90 Å². The van der Waals surface area contributed by atoms with Crippen LogP contribution >= 0.6 is 23.2 Å². The average molecular weight is 447 g/mol. The molecule has 0 saturated carbocycles. The Labute approximate surface area is 170 Å². The van der Waals surface area contributed by atoms with Crippen LogP contribution in [0, 0.1) is 0 Å². The van der Waals surface area contributed by atoms with E-state index in [-0.39, 0.29) is 26.5 Å². The van der Waals surface area contributed by atoms with Crippen LogP contribution in [0.15, 0.2) is 47.4 Å². The van der Waals surface area contributed by atoms with E-state index >= 15 is 0 Å². The third kappa shape index (κ3) is 4.82. The molecule has 1 fully saturated rings. The van der Waals surface area contributed by atoms with E-state index in [0.717, 1.165) is 0 Å². The fourth-order valence-electron chi connectivity index (χ4n) is 2.63. The molecular weight excluding hydrogens is 431 g/mol. The second kappa shape index (κ2) is 8.18. The first-order valence-electron chi connectivity index (χ1n) is 7.98. The van der Waals surface area contributed by atoms with Gasteiger partial charge in [0, 0.05) is 51.7 Å². The fourth-order valence-corrected chi connectivity index (χ4v) is 5.50. The maximum absolute atomic E-state index is 12.6. The maximum Gasteiger partial charge on any atom is 0.263 e. The smallest absolute Gasteiger partial charge is 0.263 e. The van der Waals surface area contributed by atoms with Crippen LogP contribution in [0.3, 0.4) is 0 Å². The summed E-state index contributed by atoms with van der Waals surface area (Å²) in [5.74, 6) is 0.671. The van der Waals surface area contributed by atoms with E-state index in [2.05, 4.69) is 4.72 Å². The molecule has 0 spiro atoms. The molecule has 1 heterocycles. The van der Waals surface area contributed by atoms with Crippen molar-refractivity contribution in [1.29, 1.82) is 0 Å². The number of halogens is 2. The van der Waals surface area contributed by atoms with Gasteiger partial charge in [-0.3, -0.25) is 13.7 Å². The third-order valence-electron chi connectivity index (χ3n) is 4.01.